The molecule has 1 atom stereocenters. The lowest BCUT2D eigenvalue weighted by Crippen LogP contribution is -2.25. The first-order valence-electron chi connectivity index (χ1n) is 8.20. The summed E-state index contributed by atoms with van der Waals surface area (Å²) in [7, 11) is 0. The third kappa shape index (κ3) is 4.66. The van der Waals surface area contributed by atoms with Gasteiger partial charge in [0.25, 0.3) is 0 Å². The molecule has 0 bridgehead atoms. The van der Waals surface area contributed by atoms with Gasteiger partial charge in [-0.05, 0) is 49.4 Å². The second kappa shape index (κ2) is 8.39. The van der Waals surface area contributed by atoms with Gasteiger partial charge in [0.2, 0.25) is 11.7 Å². The molecule has 146 valence electrons. The van der Waals surface area contributed by atoms with E-state index in [1.165, 1.54) is 49.0 Å². The van der Waals surface area contributed by atoms with Crippen molar-refractivity contribution in [1.82, 2.24) is 0 Å². The molecule has 0 aromatic heterocycles. The molecule has 1 aliphatic rings. The molecule has 9 heteroatoms. The zero-order valence-corrected chi connectivity index (χ0v) is 15.4. The molecule has 2 aromatic carbocycles. The predicted molar refractivity (Wildman–Crippen MR) is 98.1 cm³/mol. The van der Waals surface area contributed by atoms with Crippen LogP contribution < -0.4 is 10.1 Å². The zero-order chi connectivity index (χ0) is 20.3. The van der Waals surface area contributed by atoms with Gasteiger partial charge in [-0.1, -0.05) is 0 Å². The second-order valence-corrected chi connectivity index (χ2v) is 6.88. The lowest BCUT2D eigenvalue weighted by Gasteiger charge is -2.17. The van der Waals surface area contributed by atoms with E-state index in [4.69, 9.17) is 4.74 Å². The van der Waals surface area contributed by atoms with Crippen LogP contribution in [0.2, 0.25) is 0 Å². The first kappa shape index (κ1) is 19.8. The van der Waals surface area contributed by atoms with Crippen LogP contribution in [0.5, 0.6) is 5.75 Å². The maximum atomic E-state index is 12.4. The van der Waals surface area contributed by atoms with Gasteiger partial charge in [0.1, 0.15) is 5.75 Å². The number of halogens is 2. The van der Waals surface area contributed by atoms with Gasteiger partial charge in [-0.15, -0.1) is 11.8 Å². The van der Waals surface area contributed by atoms with E-state index in [0.29, 0.717) is 11.4 Å². The van der Waals surface area contributed by atoms with E-state index < -0.39 is 24.5 Å². The van der Waals surface area contributed by atoms with Crippen molar-refractivity contribution in [2.75, 3.05) is 11.1 Å². The fraction of sp³-hybridized carbons (Fsp3) is 0.211. The molecule has 0 spiro atoms. The van der Waals surface area contributed by atoms with Gasteiger partial charge in [-0.2, -0.15) is 8.78 Å². The number of amides is 1. The van der Waals surface area contributed by atoms with Crippen LogP contribution in [0.4, 0.5) is 14.5 Å². The minimum Gasteiger partial charge on any atom is -0.451 e. The van der Waals surface area contributed by atoms with Crippen molar-refractivity contribution in [2.24, 2.45) is 0 Å². The molecule has 0 saturated carbocycles. The van der Waals surface area contributed by atoms with Gasteiger partial charge >= 0.3 is 12.6 Å². The van der Waals surface area contributed by atoms with Crippen molar-refractivity contribution in [3.8, 4) is 5.75 Å². The van der Waals surface area contributed by atoms with Gasteiger partial charge < -0.3 is 14.8 Å². The summed E-state index contributed by atoms with van der Waals surface area (Å²) in [6.45, 7) is -1.54. The monoisotopic (exact) mass is 407 g/mol. The Balaban J connectivity index is 1.66. The number of Topliss-reactive ketones (excluding diaryl/α,β-unsaturated/α-hetero) is 1. The third-order valence-corrected chi connectivity index (χ3v) is 4.94. The molecule has 0 radical (unpaired) electrons. The molecule has 1 aliphatic heterocycles. The molecule has 1 N–H and O–H groups in total. The number of hydrogen-bond donors (Lipinski definition) is 1. The van der Waals surface area contributed by atoms with Crippen molar-refractivity contribution in [3.63, 3.8) is 0 Å². The Morgan fingerprint density at radius 2 is 1.79 bits per heavy atom. The minimum absolute atomic E-state index is 0.0785. The number of rotatable bonds is 6. The maximum absolute atomic E-state index is 12.4. The molecule has 0 aliphatic carbocycles. The number of fused-ring (bicyclic) bond motifs is 1. The molecule has 3 rings (SSSR count). The Morgan fingerprint density at radius 3 is 2.46 bits per heavy atom. The highest BCUT2D eigenvalue weighted by molar-refractivity contribution is 8.00. The van der Waals surface area contributed by atoms with Gasteiger partial charge in [0.05, 0.1) is 17.0 Å². The van der Waals surface area contributed by atoms with Crippen molar-refractivity contribution in [2.45, 2.75) is 24.5 Å². The Hall–Kier alpha value is -2.94. The molecule has 1 amide bonds. The summed E-state index contributed by atoms with van der Waals surface area (Å²) >= 11 is 1.36. The first-order valence-corrected chi connectivity index (χ1v) is 9.19. The number of ketones is 1. The number of carbonyl (C=O) groups is 3. The summed E-state index contributed by atoms with van der Waals surface area (Å²) < 4.78 is 33.8. The van der Waals surface area contributed by atoms with E-state index in [-0.39, 0.29) is 22.8 Å². The summed E-state index contributed by atoms with van der Waals surface area (Å²) in [5.74, 6) is -1.13. The fourth-order valence-corrected chi connectivity index (χ4v) is 3.32. The molecule has 6 nitrogen and oxygen atoms in total. The minimum atomic E-state index is -2.96. The summed E-state index contributed by atoms with van der Waals surface area (Å²) in [6, 6.07) is 9.85. The van der Waals surface area contributed by atoms with Crippen LogP contribution >= 0.6 is 11.8 Å². The smallest absolute Gasteiger partial charge is 0.387 e. The number of benzene rings is 2. The number of alkyl halides is 2. The van der Waals surface area contributed by atoms with E-state index in [2.05, 4.69) is 10.1 Å². The van der Waals surface area contributed by atoms with Gasteiger partial charge in [0.15, 0.2) is 6.10 Å². The van der Waals surface area contributed by atoms with Gasteiger partial charge in [0, 0.05) is 10.5 Å². The number of esters is 1. The van der Waals surface area contributed by atoms with Crippen LogP contribution in [-0.4, -0.2) is 36.1 Å². The number of nitrogens with one attached hydrogen (secondary N) is 1. The molecule has 0 fully saturated rings. The van der Waals surface area contributed by atoms with Crippen molar-refractivity contribution in [3.05, 3.63) is 53.6 Å². The average molecular weight is 407 g/mol. The molecular weight excluding hydrogens is 392 g/mol. The third-order valence-electron chi connectivity index (χ3n) is 3.87. The predicted octanol–water partition coefficient (Wildman–Crippen LogP) is 3.76. The molecule has 1 heterocycles. The SMILES string of the molecule is C[C@@H](OC(=O)c1ccc2c(c1)NC(=O)CS2)C(=O)c1ccc(OC(F)F)cc1. The fourth-order valence-electron chi connectivity index (χ4n) is 2.53. The molecule has 0 unspecified atom stereocenters. The molecule has 0 saturated heterocycles. The van der Waals surface area contributed by atoms with E-state index in [1.54, 1.807) is 12.1 Å². The van der Waals surface area contributed by atoms with Crippen LogP contribution in [0.1, 0.15) is 27.6 Å². The highest BCUT2D eigenvalue weighted by Gasteiger charge is 2.22. The van der Waals surface area contributed by atoms with Crippen LogP contribution in [0, 0.1) is 0 Å². The van der Waals surface area contributed by atoms with Gasteiger partial charge in [-0.25, -0.2) is 4.79 Å². The maximum Gasteiger partial charge on any atom is 0.387 e. The largest absolute Gasteiger partial charge is 0.451 e. The quantitative estimate of drug-likeness (QED) is 0.580. The van der Waals surface area contributed by atoms with Crippen LogP contribution in [0.15, 0.2) is 47.4 Å². The van der Waals surface area contributed by atoms with E-state index in [1.807, 2.05) is 0 Å². The lowest BCUT2D eigenvalue weighted by molar-refractivity contribution is -0.113. The second-order valence-electron chi connectivity index (χ2n) is 5.86. The number of carbonyl (C=O) groups excluding carboxylic acids is 3. The summed E-state index contributed by atoms with van der Waals surface area (Å²) in [5.41, 5.74) is 0.905. The summed E-state index contributed by atoms with van der Waals surface area (Å²) in [5, 5.41) is 2.68. The van der Waals surface area contributed by atoms with Crippen LogP contribution in [0.25, 0.3) is 0 Å². The summed E-state index contributed by atoms with van der Waals surface area (Å²) in [6.07, 6.45) is -1.09. The molecule has 28 heavy (non-hydrogen) atoms. The normalized spacial score (nSPS) is 14.1. The van der Waals surface area contributed by atoms with Crippen LogP contribution in [-0.2, 0) is 9.53 Å². The average Bonchev–Trinajstić information content (AvgIpc) is 2.66. The first-order chi connectivity index (χ1) is 13.3. The highest BCUT2D eigenvalue weighted by atomic mass is 32.2. The summed E-state index contributed by atoms with van der Waals surface area (Å²) in [4.78, 5) is 37.0. The van der Waals surface area contributed by atoms with E-state index in [0.717, 1.165) is 4.90 Å². The number of thioether (sulfide) groups is 1. The number of anilines is 1. The molecule has 2 aromatic rings. The standard InChI is InChI=1S/C19H15F2NO5S/c1-10(17(24)11-2-5-13(6-3-11)27-19(20)21)26-18(25)12-4-7-15-14(8-12)22-16(23)9-28-15/h2-8,10,19H,9H2,1H3,(H,22,23)/t10-/m1/s1. The van der Waals surface area contributed by atoms with E-state index >= 15 is 0 Å². The Bertz CT molecular complexity index is 917. The topological polar surface area (TPSA) is 81.7 Å². The van der Waals surface area contributed by atoms with E-state index in [9.17, 15) is 23.2 Å². The van der Waals surface area contributed by atoms with Crippen molar-refractivity contribution >= 4 is 35.1 Å². The Morgan fingerprint density at radius 1 is 1.11 bits per heavy atom. The zero-order valence-electron chi connectivity index (χ0n) is 14.6. The highest BCUT2D eigenvalue weighted by Crippen LogP contribution is 2.32. The van der Waals surface area contributed by atoms with Gasteiger partial charge in [-0.3, -0.25) is 9.59 Å². The lowest BCUT2D eigenvalue weighted by atomic mass is 10.1. The molecular formula is C19H15F2NO5S. The number of ether oxygens (including phenoxy) is 2. The Kier molecular flexibility index (Phi) is 5.93. The van der Waals surface area contributed by atoms with Crippen molar-refractivity contribution in [1.29, 1.82) is 0 Å². The van der Waals surface area contributed by atoms with Crippen LogP contribution in [0.3, 0.4) is 0 Å². The Labute approximate surface area is 163 Å². The van der Waals surface area contributed by atoms with Crippen molar-refractivity contribution < 1.29 is 32.6 Å². The number of hydrogen-bond acceptors (Lipinski definition) is 6.